The van der Waals surface area contributed by atoms with Crippen LogP contribution in [0.25, 0.3) is 0 Å². The van der Waals surface area contributed by atoms with Crippen LogP contribution in [0.3, 0.4) is 0 Å². The van der Waals surface area contributed by atoms with Gasteiger partial charge in [-0.25, -0.2) is 8.42 Å². The zero-order valence-corrected chi connectivity index (χ0v) is 14.6. The van der Waals surface area contributed by atoms with Crippen LogP contribution in [0.2, 0.25) is 0 Å². The highest BCUT2D eigenvalue weighted by atomic mass is 32.2. The van der Waals surface area contributed by atoms with Gasteiger partial charge in [0.1, 0.15) is 0 Å². The van der Waals surface area contributed by atoms with Crippen LogP contribution in [0.15, 0.2) is 16.3 Å². The average molecular weight is 332 g/mol. The van der Waals surface area contributed by atoms with Crippen molar-refractivity contribution >= 4 is 21.4 Å². The number of morpholine rings is 1. The second-order valence-electron chi connectivity index (χ2n) is 5.82. The molecule has 21 heavy (non-hydrogen) atoms. The number of hydrogen-bond acceptors (Lipinski definition) is 5. The van der Waals surface area contributed by atoms with Crippen LogP contribution >= 0.6 is 11.3 Å². The number of nitrogens with zero attached hydrogens (tertiary/aromatic N) is 1. The maximum absolute atomic E-state index is 12.9. The highest BCUT2D eigenvalue weighted by Gasteiger charge is 2.33. The zero-order chi connectivity index (χ0) is 15.6. The molecule has 7 heteroatoms. The number of rotatable bonds is 5. The molecule has 0 amide bonds. The fourth-order valence-electron chi connectivity index (χ4n) is 2.45. The van der Waals surface area contributed by atoms with Crippen LogP contribution in [0.1, 0.15) is 32.6 Å². The molecule has 1 saturated heterocycles. The molecular weight excluding hydrogens is 308 g/mol. The first-order valence-electron chi connectivity index (χ1n) is 7.26. The summed E-state index contributed by atoms with van der Waals surface area (Å²) in [5, 5.41) is 5.13. The van der Waals surface area contributed by atoms with E-state index in [2.05, 4.69) is 5.32 Å². The third-order valence-electron chi connectivity index (χ3n) is 3.38. The van der Waals surface area contributed by atoms with E-state index >= 15 is 0 Å². The van der Waals surface area contributed by atoms with Crippen LogP contribution < -0.4 is 5.32 Å². The smallest absolute Gasteiger partial charge is 0.244 e. The summed E-state index contributed by atoms with van der Waals surface area (Å²) in [6.45, 7) is 9.33. The molecular formula is C14H24N2O3S2. The predicted molar refractivity (Wildman–Crippen MR) is 85.1 cm³/mol. The van der Waals surface area contributed by atoms with E-state index in [-0.39, 0.29) is 12.2 Å². The molecule has 2 heterocycles. The van der Waals surface area contributed by atoms with Crippen molar-refractivity contribution in [3.05, 3.63) is 16.3 Å². The van der Waals surface area contributed by atoms with Crippen LogP contribution in [0.5, 0.6) is 0 Å². The summed E-state index contributed by atoms with van der Waals surface area (Å²) in [6.07, 6.45) is -0.140. The second kappa shape index (κ2) is 6.75. The van der Waals surface area contributed by atoms with E-state index in [0.717, 1.165) is 4.88 Å². The van der Waals surface area contributed by atoms with E-state index in [4.69, 9.17) is 4.74 Å². The lowest BCUT2D eigenvalue weighted by Crippen LogP contribution is -2.48. The summed E-state index contributed by atoms with van der Waals surface area (Å²) in [7, 11) is -3.44. The zero-order valence-electron chi connectivity index (χ0n) is 13.0. The number of nitrogens with one attached hydrogen (secondary N) is 1. The normalized spacial score (nSPS) is 24.6. The van der Waals surface area contributed by atoms with E-state index in [1.54, 1.807) is 10.4 Å². The maximum atomic E-state index is 12.9. The van der Waals surface area contributed by atoms with E-state index in [0.29, 0.717) is 30.6 Å². The second-order valence-corrected chi connectivity index (χ2v) is 8.73. The van der Waals surface area contributed by atoms with Gasteiger partial charge < -0.3 is 10.1 Å². The van der Waals surface area contributed by atoms with Crippen molar-refractivity contribution in [3.8, 4) is 0 Å². The van der Waals surface area contributed by atoms with Gasteiger partial charge in [-0.05, 0) is 25.3 Å². The Hall–Kier alpha value is -0.470. The average Bonchev–Trinajstić information content (AvgIpc) is 2.84. The fourth-order valence-corrected chi connectivity index (χ4v) is 5.41. The molecule has 1 aliphatic rings. The number of sulfonamides is 1. The number of hydrogen-bond donors (Lipinski definition) is 1. The third-order valence-corrected chi connectivity index (χ3v) is 6.35. The summed E-state index contributed by atoms with van der Waals surface area (Å²) >= 11 is 1.48. The molecule has 1 aromatic rings. The number of ether oxygens (including phenoxy) is 1. The first-order valence-corrected chi connectivity index (χ1v) is 9.58. The molecule has 2 atom stereocenters. The molecule has 0 bridgehead atoms. The lowest BCUT2D eigenvalue weighted by molar-refractivity contribution is -0.0440. The Morgan fingerprint density at radius 1 is 1.38 bits per heavy atom. The monoisotopic (exact) mass is 332 g/mol. The van der Waals surface area contributed by atoms with Gasteiger partial charge in [-0.2, -0.15) is 4.31 Å². The minimum absolute atomic E-state index is 0.0700. The lowest BCUT2D eigenvalue weighted by Gasteiger charge is -2.34. The summed E-state index contributed by atoms with van der Waals surface area (Å²) in [5.41, 5.74) is 0. The van der Waals surface area contributed by atoms with Gasteiger partial charge in [0.2, 0.25) is 10.0 Å². The molecule has 2 unspecified atom stereocenters. The largest absolute Gasteiger partial charge is 0.373 e. The Balaban J connectivity index is 2.21. The van der Waals surface area contributed by atoms with Crippen molar-refractivity contribution in [3.63, 3.8) is 0 Å². The SMILES string of the molecule is CC(C)NCc1sccc1S(=O)(=O)N1CC(C)OC(C)C1. The molecule has 0 aliphatic carbocycles. The predicted octanol–water partition coefficient (Wildman–Crippen LogP) is 2.04. The summed E-state index contributed by atoms with van der Waals surface area (Å²) in [6, 6.07) is 2.04. The van der Waals surface area contributed by atoms with Crippen LogP contribution in [-0.4, -0.2) is 44.1 Å². The van der Waals surface area contributed by atoms with Crippen molar-refractivity contribution in [2.24, 2.45) is 0 Å². The third kappa shape index (κ3) is 4.04. The van der Waals surface area contributed by atoms with Crippen LogP contribution in [0.4, 0.5) is 0 Å². The van der Waals surface area contributed by atoms with Crippen molar-refractivity contribution in [2.75, 3.05) is 13.1 Å². The molecule has 2 rings (SSSR count). The Morgan fingerprint density at radius 2 is 2.00 bits per heavy atom. The van der Waals surface area contributed by atoms with Gasteiger partial charge in [-0.1, -0.05) is 13.8 Å². The maximum Gasteiger partial charge on any atom is 0.244 e. The van der Waals surface area contributed by atoms with Gasteiger partial charge in [-0.3, -0.25) is 0 Å². The summed E-state index contributed by atoms with van der Waals surface area (Å²) in [4.78, 5) is 1.30. The molecule has 0 spiro atoms. The van der Waals surface area contributed by atoms with Crippen molar-refractivity contribution < 1.29 is 13.2 Å². The molecule has 1 N–H and O–H groups in total. The molecule has 0 saturated carbocycles. The summed E-state index contributed by atoms with van der Waals surface area (Å²) in [5.74, 6) is 0. The highest BCUT2D eigenvalue weighted by Crippen LogP contribution is 2.27. The fraction of sp³-hybridized carbons (Fsp3) is 0.714. The first-order chi connectivity index (χ1) is 9.80. The van der Waals surface area contributed by atoms with Crippen molar-refractivity contribution in [2.45, 2.75) is 57.4 Å². The number of thiophene rings is 1. The topological polar surface area (TPSA) is 58.6 Å². The van der Waals surface area contributed by atoms with Crippen LogP contribution in [-0.2, 0) is 21.3 Å². The molecule has 0 aromatic carbocycles. The summed E-state index contributed by atoms with van der Waals surface area (Å²) < 4.78 is 32.9. The van der Waals surface area contributed by atoms with Gasteiger partial charge in [0.05, 0.1) is 17.1 Å². The van der Waals surface area contributed by atoms with Gasteiger partial charge in [-0.15, -0.1) is 11.3 Å². The molecule has 1 aliphatic heterocycles. The van der Waals surface area contributed by atoms with Gasteiger partial charge >= 0.3 is 0 Å². The van der Waals surface area contributed by atoms with E-state index in [9.17, 15) is 8.42 Å². The van der Waals surface area contributed by atoms with E-state index in [1.165, 1.54) is 11.3 Å². The molecule has 1 fully saturated rings. The quantitative estimate of drug-likeness (QED) is 0.896. The van der Waals surface area contributed by atoms with Crippen molar-refractivity contribution in [1.29, 1.82) is 0 Å². The van der Waals surface area contributed by atoms with Crippen molar-refractivity contribution in [1.82, 2.24) is 9.62 Å². The lowest BCUT2D eigenvalue weighted by atomic mass is 10.3. The molecule has 1 aromatic heterocycles. The molecule has 0 radical (unpaired) electrons. The van der Waals surface area contributed by atoms with Gasteiger partial charge in [0.15, 0.2) is 0 Å². The molecule has 120 valence electrons. The van der Waals surface area contributed by atoms with Gasteiger partial charge in [0.25, 0.3) is 0 Å². The highest BCUT2D eigenvalue weighted by molar-refractivity contribution is 7.89. The Labute approximate surface area is 131 Å². The Bertz CT molecular complexity index is 559. The first kappa shape index (κ1) is 16.9. The minimum atomic E-state index is -3.44. The Kier molecular flexibility index (Phi) is 5.43. The minimum Gasteiger partial charge on any atom is -0.373 e. The Morgan fingerprint density at radius 3 is 2.57 bits per heavy atom. The van der Waals surface area contributed by atoms with Gasteiger partial charge in [0, 0.05) is 30.6 Å². The standard InChI is InChI=1S/C14H24N2O3S2/c1-10(2)15-7-13-14(5-6-20-13)21(17,18)16-8-11(3)19-12(4)9-16/h5-6,10-12,15H,7-9H2,1-4H3. The van der Waals surface area contributed by atoms with E-state index in [1.807, 2.05) is 33.1 Å². The van der Waals surface area contributed by atoms with Crippen LogP contribution in [0, 0.1) is 0 Å². The molecule has 5 nitrogen and oxygen atoms in total. The van der Waals surface area contributed by atoms with E-state index < -0.39 is 10.0 Å².